The fourth-order valence-corrected chi connectivity index (χ4v) is 3.61. The van der Waals surface area contributed by atoms with Crippen LogP contribution < -0.4 is 4.72 Å². The van der Waals surface area contributed by atoms with Crippen molar-refractivity contribution >= 4 is 27.4 Å². The van der Waals surface area contributed by atoms with Crippen molar-refractivity contribution < 1.29 is 22.1 Å². The summed E-state index contributed by atoms with van der Waals surface area (Å²) in [5.41, 5.74) is 0.833. The lowest BCUT2D eigenvalue weighted by molar-refractivity contribution is 0.0980. The van der Waals surface area contributed by atoms with E-state index in [2.05, 4.69) is 14.9 Å². The number of nitrogens with zero attached hydrogens (tertiary/aromatic N) is 2. The molecule has 7 nitrogen and oxygen atoms in total. The zero-order chi connectivity index (χ0) is 20.1. The Hall–Kier alpha value is -2.62. The Morgan fingerprint density at radius 3 is 2.68 bits per heavy atom. The van der Waals surface area contributed by atoms with Gasteiger partial charge < -0.3 is 4.52 Å². The number of sulfonamides is 1. The number of aromatic nitrogens is 2. The number of hydrogen-bond acceptors (Lipinski definition) is 6. The molecule has 146 valence electrons. The molecule has 0 aliphatic carbocycles. The maximum absolute atomic E-state index is 13.2. The van der Waals surface area contributed by atoms with E-state index in [1.165, 1.54) is 12.4 Å². The average Bonchev–Trinajstić information content (AvgIpc) is 3.20. The summed E-state index contributed by atoms with van der Waals surface area (Å²) in [6, 6.07) is 7.95. The highest BCUT2D eigenvalue weighted by Gasteiger charge is 2.16. The van der Waals surface area contributed by atoms with E-state index in [4.69, 9.17) is 16.1 Å². The molecule has 0 saturated heterocycles. The number of nitrogens with one attached hydrogen (secondary N) is 1. The minimum absolute atomic E-state index is 0.0934. The number of Topliss-reactive ketones (excluding diaryl/α,β-unsaturated/α-hetero) is 1. The molecule has 1 N–H and O–H groups in total. The van der Waals surface area contributed by atoms with Crippen LogP contribution in [0.3, 0.4) is 0 Å². The molecule has 3 aromatic rings. The van der Waals surface area contributed by atoms with E-state index in [0.29, 0.717) is 23.4 Å². The number of pyridine rings is 1. The van der Waals surface area contributed by atoms with E-state index >= 15 is 0 Å². The smallest absolute Gasteiger partial charge is 0.240 e. The summed E-state index contributed by atoms with van der Waals surface area (Å²) in [7, 11) is -3.88. The molecule has 0 spiro atoms. The number of hydrogen-bond donors (Lipinski definition) is 1. The second-order valence-corrected chi connectivity index (χ2v) is 8.01. The van der Waals surface area contributed by atoms with Crippen molar-refractivity contribution in [3.8, 4) is 0 Å². The standard InChI is InChI=1S/C18H15ClFN3O4S/c19-16-9-15(4-5-17(16)20)28(25,26)23-11-13-2-1-12(10-21-13)18(24)6-3-14-7-8-22-27-14/h1-2,4-5,7-10,23H,3,6,11H2. The van der Waals surface area contributed by atoms with Gasteiger partial charge in [-0.2, -0.15) is 0 Å². The molecule has 28 heavy (non-hydrogen) atoms. The summed E-state index contributed by atoms with van der Waals surface area (Å²) >= 11 is 5.62. The third-order valence-electron chi connectivity index (χ3n) is 3.88. The summed E-state index contributed by atoms with van der Waals surface area (Å²) in [5.74, 6) is -0.198. The van der Waals surface area contributed by atoms with Gasteiger partial charge in [0.2, 0.25) is 10.0 Å². The van der Waals surface area contributed by atoms with E-state index in [0.717, 1.165) is 18.2 Å². The molecule has 0 fully saturated rings. The van der Waals surface area contributed by atoms with Gasteiger partial charge in [-0.25, -0.2) is 17.5 Å². The van der Waals surface area contributed by atoms with Crippen LogP contribution in [0.5, 0.6) is 0 Å². The van der Waals surface area contributed by atoms with Crippen molar-refractivity contribution in [3.05, 3.63) is 76.6 Å². The molecule has 0 amide bonds. The summed E-state index contributed by atoms with van der Waals surface area (Å²) in [5, 5.41) is 3.29. The highest BCUT2D eigenvalue weighted by atomic mass is 35.5. The van der Waals surface area contributed by atoms with Crippen LogP contribution in [-0.2, 0) is 23.0 Å². The second-order valence-electron chi connectivity index (χ2n) is 5.84. The molecule has 2 heterocycles. The van der Waals surface area contributed by atoms with Crippen LogP contribution in [0.1, 0.15) is 28.2 Å². The molecule has 0 unspecified atom stereocenters. The van der Waals surface area contributed by atoms with E-state index < -0.39 is 15.8 Å². The minimum Gasteiger partial charge on any atom is -0.361 e. The van der Waals surface area contributed by atoms with Crippen molar-refractivity contribution in [2.75, 3.05) is 0 Å². The number of rotatable bonds is 8. The molecule has 2 aromatic heterocycles. The van der Waals surface area contributed by atoms with E-state index in [9.17, 15) is 17.6 Å². The van der Waals surface area contributed by atoms with Crippen LogP contribution in [0.2, 0.25) is 5.02 Å². The van der Waals surface area contributed by atoms with Crippen LogP contribution >= 0.6 is 11.6 Å². The molecule has 0 saturated carbocycles. The minimum atomic E-state index is -3.88. The predicted octanol–water partition coefficient (Wildman–Crippen LogP) is 3.16. The van der Waals surface area contributed by atoms with Gasteiger partial charge in [-0.05, 0) is 30.3 Å². The van der Waals surface area contributed by atoms with Gasteiger partial charge in [0.05, 0.1) is 28.4 Å². The first-order valence-corrected chi connectivity index (χ1v) is 10.0. The van der Waals surface area contributed by atoms with Crippen molar-refractivity contribution in [1.82, 2.24) is 14.9 Å². The van der Waals surface area contributed by atoms with Crippen molar-refractivity contribution in [1.29, 1.82) is 0 Å². The van der Waals surface area contributed by atoms with Gasteiger partial charge in [-0.15, -0.1) is 0 Å². The number of benzene rings is 1. The van der Waals surface area contributed by atoms with Gasteiger partial charge in [0.25, 0.3) is 0 Å². The molecule has 0 radical (unpaired) electrons. The monoisotopic (exact) mass is 423 g/mol. The summed E-state index contributed by atoms with van der Waals surface area (Å²) in [4.78, 5) is 16.1. The summed E-state index contributed by atoms with van der Waals surface area (Å²) in [6.07, 6.45) is 3.58. The van der Waals surface area contributed by atoms with E-state index in [1.54, 1.807) is 18.2 Å². The van der Waals surface area contributed by atoms with Crippen molar-refractivity contribution in [2.24, 2.45) is 0 Å². The Balaban J connectivity index is 1.59. The van der Waals surface area contributed by atoms with E-state index in [1.807, 2.05) is 0 Å². The summed E-state index contributed by atoms with van der Waals surface area (Å²) < 4.78 is 45.0. The Kier molecular flexibility index (Phi) is 6.18. The zero-order valence-electron chi connectivity index (χ0n) is 14.4. The lowest BCUT2D eigenvalue weighted by atomic mass is 10.1. The fourth-order valence-electron chi connectivity index (χ4n) is 2.34. The van der Waals surface area contributed by atoms with Gasteiger partial charge in [0.15, 0.2) is 5.78 Å². The molecular formula is C18H15ClFN3O4S. The lowest BCUT2D eigenvalue weighted by Gasteiger charge is -2.07. The predicted molar refractivity (Wildman–Crippen MR) is 98.8 cm³/mol. The molecular weight excluding hydrogens is 409 g/mol. The number of carbonyl (C=O) groups excluding carboxylic acids is 1. The highest BCUT2D eigenvalue weighted by Crippen LogP contribution is 2.19. The van der Waals surface area contributed by atoms with Crippen molar-refractivity contribution in [2.45, 2.75) is 24.3 Å². The van der Waals surface area contributed by atoms with Crippen LogP contribution in [0, 0.1) is 5.82 Å². The topological polar surface area (TPSA) is 102 Å². The Morgan fingerprint density at radius 1 is 1.21 bits per heavy atom. The SMILES string of the molecule is O=C(CCc1ccno1)c1ccc(CNS(=O)(=O)c2ccc(F)c(Cl)c2)nc1. The molecule has 0 aliphatic heterocycles. The average molecular weight is 424 g/mol. The van der Waals surface area contributed by atoms with Gasteiger partial charge >= 0.3 is 0 Å². The zero-order valence-corrected chi connectivity index (χ0v) is 16.0. The van der Waals surface area contributed by atoms with Crippen LogP contribution in [0.25, 0.3) is 0 Å². The fraction of sp³-hybridized carbons (Fsp3) is 0.167. The maximum Gasteiger partial charge on any atom is 0.240 e. The first kappa shape index (κ1) is 20.1. The molecule has 0 atom stereocenters. The summed E-state index contributed by atoms with van der Waals surface area (Å²) in [6.45, 7) is -0.0934. The van der Waals surface area contributed by atoms with Crippen LogP contribution in [0.15, 0.2) is 58.2 Å². The first-order valence-electron chi connectivity index (χ1n) is 8.17. The van der Waals surface area contributed by atoms with E-state index in [-0.39, 0.29) is 28.7 Å². The number of aryl methyl sites for hydroxylation is 1. The van der Waals surface area contributed by atoms with Gasteiger partial charge in [-0.3, -0.25) is 9.78 Å². The third kappa shape index (κ3) is 5.00. The molecule has 10 heteroatoms. The van der Waals surface area contributed by atoms with Gasteiger partial charge in [0.1, 0.15) is 11.6 Å². The molecule has 0 aliphatic rings. The first-order chi connectivity index (χ1) is 13.3. The number of ketones is 1. The Bertz CT molecular complexity index is 1070. The quantitative estimate of drug-likeness (QED) is 0.558. The van der Waals surface area contributed by atoms with Gasteiger partial charge in [-0.1, -0.05) is 16.8 Å². The molecule has 0 bridgehead atoms. The second kappa shape index (κ2) is 8.59. The Morgan fingerprint density at radius 2 is 2.04 bits per heavy atom. The van der Waals surface area contributed by atoms with Crippen molar-refractivity contribution in [3.63, 3.8) is 0 Å². The normalized spacial score (nSPS) is 11.5. The maximum atomic E-state index is 13.2. The molecule has 1 aromatic carbocycles. The Labute approximate surface area is 165 Å². The number of halogens is 2. The largest absolute Gasteiger partial charge is 0.361 e. The van der Waals surface area contributed by atoms with Crippen LogP contribution in [0.4, 0.5) is 4.39 Å². The van der Waals surface area contributed by atoms with Crippen LogP contribution in [-0.4, -0.2) is 24.3 Å². The third-order valence-corrected chi connectivity index (χ3v) is 5.57. The molecule has 3 rings (SSSR count). The number of carbonyl (C=O) groups is 1. The highest BCUT2D eigenvalue weighted by molar-refractivity contribution is 7.89. The lowest BCUT2D eigenvalue weighted by Crippen LogP contribution is -2.23. The van der Waals surface area contributed by atoms with Gasteiger partial charge in [0, 0.05) is 30.7 Å².